The Hall–Kier alpha value is -4.27. The molecule has 0 spiro atoms. The Morgan fingerprint density at radius 1 is 1.03 bits per heavy atom. The molecular weight excluding hydrogens is 404 g/mol. The summed E-state index contributed by atoms with van der Waals surface area (Å²) in [7, 11) is 1.44. The van der Waals surface area contributed by atoms with E-state index in [2.05, 4.69) is 4.98 Å². The number of carboxylic acid groups (broad SMARTS) is 2. The lowest BCUT2D eigenvalue weighted by Gasteiger charge is -2.16. The van der Waals surface area contributed by atoms with Gasteiger partial charge in [-0.2, -0.15) is 0 Å². The molecule has 3 aromatic rings. The zero-order chi connectivity index (χ0) is 22.7. The molecule has 0 amide bonds. The SMILES string of the molecule is COc1ccc(-c2c(C(=O)O)c(N)[nH]c(=O)c2C(=O)O)cc1OCc1ccccc1C. The molecule has 0 aliphatic rings. The number of H-pyrrole nitrogens is 1. The number of pyridine rings is 1. The number of nitrogen functional groups attached to an aromatic ring is 1. The van der Waals surface area contributed by atoms with E-state index < -0.39 is 34.4 Å². The maximum absolute atomic E-state index is 12.2. The molecule has 0 saturated carbocycles. The number of benzene rings is 2. The van der Waals surface area contributed by atoms with Gasteiger partial charge < -0.3 is 30.4 Å². The largest absolute Gasteiger partial charge is 0.493 e. The number of hydrogen-bond donors (Lipinski definition) is 4. The van der Waals surface area contributed by atoms with Crippen LogP contribution in [-0.2, 0) is 6.61 Å². The Bertz CT molecular complexity index is 1230. The second-order valence-corrected chi connectivity index (χ2v) is 6.68. The van der Waals surface area contributed by atoms with Gasteiger partial charge in [-0.15, -0.1) is 0 Å². The lowest BCUT2D eigenvalue weighted by Crippen LogP contribution is -2.24. The normalized spacial score (nSPS) is 10.5. The second kappa shape index (κ2) is 8.62. The summed E-state index contributed by atoms with van der Waals surface area (Å²) in [5, 5.41) is 19.2. The van der Waals surface area contributed by atoms with E-state index in [0.717, 1.165) is 11.1 Å². The number of nitrogens with one attached hydrogen (secondary N) is 1. The van der Waals surface area contributed by atoms with Crippen molar-refractivity contribution in [2.75, 3.05) is 12.8 Å². The smallest absolute Gasteiger partial charge is 0.342 e. The Balaban J connectivity index is 2.17. The van der Waals surface area contributed by atoms with Crippen LogP contribution >= 0.6 is 0 Å². The van der Waals surface area contributed by atoms with E-state index in [0.29, 0.717) is 5.75 Å². The number of aromatic amines is 1. The Morgan fingerprint density at radius 2 is 1.71 bits per heavy atom. The first kappa shape index (κ1) is 21.4. The lowest BCUT2D eigenvalue weighted by molar-refractivity contribution is 0.0695. The van der Waals surface area contributed by atoms with Gasteiger partial charge in [0.15, 0.2) is 11.5 Å². The molecule has 2 aromatic carbocycles. The lowest BCUT2D eigenvalue weighted by atomic mass is 9.95. The monoisotopic (exact) mass is 424 g/mol. The van der Waals surface area contributed by atoms with Crippen molar-refractivity contribution < 1.29 is 29.3 Å². The first-order valence-electron chi connectivity index (χ1n) is 9.12. The first-order chi connectivity index (χ1) is 14.7. The predicted molar refractivity (Wildman–Crippen MR) is 113 cm³/mol. The third kappa shape index (κ3) is 4.20. The summed E-state index contributed by atoms with van der Waals surface area (Å²) < 4.78 is 11.2. The van der Waals surface area contributed by atoms with E-state index in [4.69, 9.17) is 15.2 Å². The van der Waals surface area contributed by atoms with Gasteiger partial charge in [-0.1, -0.05) is 30.3 Å². The number of aryl methyl sites for hydroxylation is 1. The minimum Gasteiger partial charge on any atom is -0.493 e. The number of nitrogens with two attached hydrogens (primary N) is 1. The van der Waals surface area contributed by atoms with E-state index in [-0.39, 0.29) is 23.5 Å². The van der Waals surface area contributed by atoms with Gasteiger partial charge in [0.2, 0.25) is 0 Å². The number of carboxylic acids is 2. The summed E-state index contributed by atoms with van der Waals surface area (Å²) in [6.07, 6.45) is 0. The number of aromatic carboxylic acids is 2. The van der Waals surface area contributed by atoms with Gasteiger partial charge in [-0.05, 0) is 35.7 Å². The van der Waals surface area contributed by atoms with Crippen LogP contribution in [0.15, 0.2) is 47.3 Å². The van der Waals surface area contributed by atoms with Crippen LogP contribution in [0, 0.1) is 6.92 Å². The molecule has 0 radical (unpaired) electrons. The second-order valence-electron chi connectivity index (χ2n) is 6.68. The van der Waals surface area contributed by atoms with Crippen LogP contribution in [0.3, 0.4) is 0 Å². The molecular formula is C22H20N2O7. The molecule has 0 unspecified atom stereocenters. The average Bonchev–Trinajstić information content (AvgIpc) is 2.71. The van der Waals surface area contributed by atoms with Gasteiger partial charge >= 0.3 is 11.9 Å². The fourth-order valence-corrected chi connectivity index (χ4v) is 3.21. The number of hydrogen-bond acceptors (Lipinski definition) is 6. The summed E-state index contributed by atoms with van der Waals surface area (Å²) in [5.41, 5.74) is 5.18. The van der Waals surface area contributed by atoms with Crippen LogP contribution < -0.4 is 20.8 Å². The Kier molecular flexibility index (Phi) is 5.96. The minimum atomic E-state index is -1.59. The Labute approximate surface area is 176 Å². The van der Waals surface area contributed by atoms with Crippen molar-refractivity contribution in [3.05, 3.63) is 75.1 Å². The molecule has 9 heteroatoms. The number of methoxy groups -OCH3 is 1. The highest BCUT2D eigenvalue weighted by atomic mass is 16.5. The standard InChI is InChI=1S/C22H20N2O7/c1-11-5-3-4-6-13(11)10-31-15-9-12(7-8-14(15)30-2)16-17(21(26)27)19(23)24-20(25)18(16)22(28)29/h3-9H,10H2,1-2H3,(H,26,27)(H,28,29)(H3,23,24,25). The van der Waals surface area contributed by atoms with Gasteiger partial charge in [0.05, 0.1) is 7.11 Å². The van der Waals surface area contributed by atoms with Gasteiger partial charge in [-0.3, -0.25) is 4.79 Å². The highest BCUT2D eigenvalue weighted by Gasteiger charge is 2.27. The van der Waals surface area contributed by atoms with Gasteiger partial charge in [0.1, 0.15) is 23.6 Å². The summed E-state index contributed by atoms with van der Waals surface area (Å²) in [4.78, 5) is 37.9. The van der Waals surface area contributed by atoms with Crippen LogP contribution in [0.4, 0.5) is 5.82 Å². The van der Waals surface area contributed by atoms with E-state index in [1.165, 1.54) is 25.3 Å². The van der Waals surface area contributed by atoms with E-state index in [1.54, 1.807) is 0 Å². The molecule has 0 saturated heterocycles. The molecule has 3 rings (SSSR count). The maximum Gasteiger partial charge on any atom is 0.342 e. The Morgan fingerprint density at radius 3 is 2.32 bits per heavy atom. The van der Waals surface area contributed by atoms with Crippen molar-refractivity contribution >= 4 is 17.8 Å². The van der Waals surface area contributed by atoms with Crippen molar-refractivity contribution in [2.45, 2.75) is 13.5 Å². The molecule has 160 valence electrons. The highest BCUT2D eigenvalue weighted by molar-refractivity contribution is 6.07. The quantitative estimate of drug-likeness (QED) is 0.452. The minimum absolute atomic E-state index is 0.133. The van der Waals surface area contributed by atoms with Crippen molar-refractivity contribution in [1.82, 2.24) is 4.98 Å². The number of ether oxygens (including phenoxy) is 2. The van der Waals surface area contributed by atoms with Crippen molar-refractivity contribution in [1.29, 1.82) is 0 Å². The maximum atomic E-state index is 12.2. The molecule has 1 aromatic heterocycles. The average molecular weight is 424 g/mol. The van der Waals surface area contributed by atoms with Crippen molar-refractivity contribution in [3.8, 4) is 22.6 Å². The van der Waals surface area contributed by atoms with Gasteiger partial charge in [0.25, 0.3) is 5.56 Å². The molecule has 0 aliphatic carbocycles. The summed E-state index contributed by atoms with van der Waals surface area (Å²) in [6, 6.07) is 12.0. The first-order valence-corrected chi connectivity index (χ1v) is 9.12. The molecule has 1 heterocycles. The molecule has 0 bridgehead atoms. The molecule has 5 N–H and O–H groups in total. The van der Waals surface area contributed by atoms with Crippen LogP contribution in [0.1, 0.15) is 31.8 Å². The fourth-order valence-electron chi connectivity index (χ4n) is 3.21. The summed E-state index contributed by atoms with van der Waals surface area (Å²) in [5.74, 6) is -2.92. The molecule has 9 nitrogen and oxygen atoms in total. The van der Waals surface area contributed by atoms with E-state index >= 15 is 0 Å². The van der Waals surface area contributed by atoms with Crippen molar-refractivity contribution in [3.63, 3.8) is 0 Å². The zero-order valence-corrected chi connectivity index (χ0v) is 16.8. The van der Waals surface area contributed by atoms with Crippen LogP contribution in [0.5, 0.6) is 11.5 Å². The topological polar surface area (TPSA) is 152 Å². The van der Waals surface area contributed by atoms with Crippen LogP contribution in [0.25, 0.3) is 11.1 Å². The third-order valence-corrected chi connectivity index (χ3v) is 4.77. The van der Waals surface area contributed by atoms with E-state index in [1.807, 2.05) is 31.2 Å². The van der Waals surface area contributed by atoms with Gasteiger partial charge in [-0.25, -0.2) is 9.59 Å². The number of aromatic nitrogens is 1. The van der Waals surface area contributed by atoms with Crippen LogP contribution in [0.2, 0.25) is 0 Å². The van der Waals surface area contributed by atoms with Crippen molar-refractivity contribution in [2.24, 2.45) is 0 Å². The molecule has 0 fully saturated rings. The number of anilines is 1. The fraction of sp³-hybridized carbons (Fsp3) is 0.136. The van der Waals surface area contributed by atoms with E-state index in [9.17, 15) is 24.6 Å². The molecule has 31 heavy (non-hydrogen) atoms. The number of carbonyl (C=O) groups is 2. The van der Waals surface area contributed by atoms with Crippen LogP contribution in [-0.4, -0.2) is 34.2 Å². The highest BCUT2D eigenvalue weighted by Crippen LogP contribution is 2.36. The zero-order valence-electron chi connectivity index (χ0n) is 16.8. The molecule has 0 aliphatic heterocycles. The third-order valence-electron chi connectivity index (χ3n) is 4.77. The summed E-state index contributed by atoms with van der Waals surface area (Å²) in [6.45, 7) is 2.13. The molecule has 0 atom stereocenters. The number of rotatable bonds is 7. The van der Waals surface area contributed by atoms with Gasteiger partial charge in [0, 0.05) is 5.56 Å². The summed E-state index contributed by atoms with van der Waals surface area (Å²) >= 11 is 0. The predicted octanol–water partition coefficient (Wildman–Crippen LogP) is 2.92.